The first-order chi connectivity index (χ1) is 12.0. The summed E-state index contributed by atoms with van der Waals surface area (Å²) in [5, 5.41) is 9.01. The van der Waals surface area contributed by atoms with E-state index < -0.39 is 0 Å². The molecule has 1 aliphatic carbocycles. The summed E-state index contributed by atoms with van der Waals surface area (Å²) in [6.45, 7) is 5.67. The van der Waals surface area contributed by atoms with Gasteiger partial charge in [0.25, 0.3) is 11.8 Å². The van der Waals surface area contributed by atoms with Crippen LogP contribution < -0.4 is 10.7 Å². The van der Waals surface area contributed by atoms with Crippen molar-refractivity contribution in [2.45, 2.75) is 46.1 Å². The molecule has 0 atom stereocenters. The van der Waals surface area contributed by atoms with Gasteiger partial charge in [-0.2, -0.15) is 5.10 Å². The van der Waals surface area contributed by atoms with Gasteiger partial charge in [-0.15, -0.1) is 11.3 Å². The van der Waals surface area contributed by atoms with Crippen LogP contribution in [0.15, 0.2) is 27.0 Å². The smallest absolute Gasteiger partial charge is 0.287 e. The summed E-state index contributed by atoms with van der Waals surface area (Å²) in [6, 6.07) is 3.61. The van der Waals surface area contributed by atoms with Crippen molar-refractivity contribution in [3.63, 3.8) is 0 Å². The normalized spacial score (nSPS) is 15.3. The number of carbonyl (C=O) groups is 2. The van der Waals surface area contributed by atoms with Gasteiger partial charge in [-0.25, -0.2) is 5.43 Å². The standard InChI is InChI=1S/C18H21N3O3S/c1-10(2)19-18(23)16-11(3)15-12(6-4-7-13(15)24-16)20-21-17(22)14-8-5-9-25-14/h5,8-10H,4,6-7H2,1-3H3,(H,19,23)(H,21,22)/b20-12+. The van der Waals surface area contributed by atoms with Crippen LogP contribution in [0.5, 0.6) is 0 Å². The van der Waals surface area contributed by atoms with Crippen LogP contribution in [0.2, 0.25) is 0 Å². The average molecular weight is 359 g/mol. The Labute approximate surface area is 150 Å². The number of fused-ring (bicyclic) bond motifs is 1. The minimum Gasteiger partial charge on any atom is -0.455 e. The van der Waals surface area contributed by atoms with Gasteiger partial charge in [-0.05, 0) is 45.1 Å². The molecule has 2 aromatic heterocycles. The molecular formula is C18H21N3O3S. The molecule has 25 heavy (non-hydrogen) atoms. The highest BCUT2D eigenvalue weighted by molar-refractivity contribution is 7.12. The number of amides is 2. The van der Waals surface area contributed by atoms with Gasteiger partial charge in [-0.3, -0.25) is 9.59 Å². The average Bonchev–Trinajstić information content (AvgIpc) is 3.20. The highest BCUT2D eigenvalue weighted by Gasteiger charge is 2.28. The Hall–Kier alpha value is -2.41. The van der Waals surface area contributed by atoms with Gasteiger partial charge < -0.3 is 9.73 Å². The third-order valence-electron chi connectivity index (χ3n) is 3.99. The van der Waals surface area contributed by atoms with Crippen molar-refractivity contribution in [2.75, 3.05) is 0 Å². The topological polar surface area (TPSA) is 83.7 Å². The van der Waals surface area contributed by atoms with Crippen molar-refractivity contribution in [2.24, 2.45) is 5.10 Å². The Bertz CT molecular complexity index is 819. The maximum absolute atomic E-state index is 12.3. The molecule has 3 rings (SSSR count). The summed E-state index contributed by atoms with van der Waals surface area (Å²) in [5.74, 6) is 0.650. The molecule has 2 aromatic rings. The van der Waals surface area contributed by atoms with E-state index in [9.17, 15) is 9.59 Å². The second-order valence-electron chi connectivity index (χ2n) is 6.31. The van der Waals surface area contributed by atoms with Gasteiger partial charge in [0.15, 0.2) is 5.76 Å². The first-order valence-corrected chi connectivity index (χ1v) is 9.19. The fourth-order valence-electron chi connectivity index (χ4n) is 2.91. The summed E-state index contributed by atoms with van der Waals surface area (Å²) in [7, 11) is 0. The zero-order chi connectivity index (χ0) is 18.0. The van der Waals surface area contributed by atoms with E-state index in [1.54, 1.807) is 6.07 Å². The number of thiophene rings is 1. The second kappa shape index (κ2) is 7.23. The molecule has 0 fully saturated rings. The number of hydrazone groups is 1. The molecule has 0 radical (unpaired) electrons. The lowest BCUT2D eigenvalue weighted by molar-refractivity contribution is 0.0911. The van der Waals surface area contributed by atoms with Crippen LogP contribution in [0.3, 0.4) is 0 Å². The number of carbonyl (C=O) groups excluding carboxylic acids is 2. The number of nitrogens with zero attached hydrogens (tertiary/aromatic N) is 1. The van der Waals surface area contributed by atoms with Crippen molar-refractivity contribution in [1.29, 1.82) is 0 Å². The van der Waals surface area contributed by atoms with Gasteiger partial charge >= 0.3 is 0 Å². The highest BCUT2D eigenvalue weighted by atomic mass is 32.1. The summed E-state index contributed by atoms with van der Waals surface area (Å²) in [4.78, 5) is 25.0. The fourth-order valence-corrected chi connectivity index (χ4v) is 3.52. The van der Waals surface area contributed by atoms with E-state index in [-0.39, 0.29) is 17.9 Å². The van der Waals surface area contributed by atoms with Crippen LogP contribution >= 0.6 is 11.3 Å². The summed E-state index contributed by atoms with van der Waals surface area (Å²) in [6.07, 6.45) is 2.38. The van der Waals surface area contributed by atoms with E-state index >= 15 is 0 Å². The van der Waals surface area contributed by atoms with E-state index in [0.717, 1.165) is 41.9 Å². The van der Waals surface area contributed by atoms with Crippen molar-refractivity contribution in [1.82, 2.24) is 10.7 Å². The van der Waals surface area contributed by atoms with Gasteiger partial charge in [-0.1, -0.05) is 6.07 Å². The SMILES string of the molecule is Cc1c(C(=O)NC(C)C)oc2c1/C(=N/NC(=O)c1cccs1)CCC2. The minimum absolute atomic E-state index is 0.0345. The molecule has 132 valence electrons. The monoisotopic (exact) mass is 359 g/mol. The predicted molar refractivity (Wildman–Crippen MR) is 97.3 cm³/mol. The molecule has 2 heterocycles. The van der Waals surface area contributed by atoms with Crippen LogP contribution in [0.1, 0.15) is 63.8 Å². The van der Waals surface area contributed by atoms with Crippen molar-refractivity contribution in [3.8, 4) is 0 Å². The first kappa shape index (κ1) is 17.4. The Morgan fingerprint density at radius 3 is 2.76 bits per heavy atom. The van der Waals surface area contributed by atoms with Crippen LogP contribution in [0.25, 0.3) is 0 Å². The van der Waals surface area contributed by atoms with E-state index in [0.29, 0.717) is 10.6 Å². The summed E-state index contributed by atoms with van der Waals surface area (Å²) in [5.41, 5.74) is 5.00. The largest absolute Gasteiger partial charge is 0.455 e. The Kier molecular flexibility index (Phi) is 5.03. The molecule has 2 amide bonds. The number of hydrogen-bond donors (Lipinski definition) is 2. The Morgan fingerprint density at radius 1 is 1.28 bits per heavy atom. The number of aryl methyl sites for hydroxylation is 1. The third kappa shape index (κ3) is 3.66. The maximum atomic E-state index is 12.3. The number of hydrogen-bond acceptors (Lipinski definition) is 5. The number of furan rings is 1. The maximum Gasteiger partial charge on any atom is 0.287 e. The van der Waals surface area contributed by atoms with Gasteiger partial charge in [0, 0.05) is 23.6 Å². The molecule has 0 saturated carbocycles. The molecule has 2 N–H and O–H groups in total. The Balaban J connectivity index is 1.86. The van der Waals surface area contributed by atoms with E-state index in [4.69, 9.17) is 4.42 Å². The van der Waals surface area contributed by atoms with E-state index in [2.05, 4.69) is 15.8 Å². The molecule has 1 aliphatic rings. The zero-order valence-electron chi connectivity index (χ0n) is 14.5. The molecule has 0 aliphatic heterocycles. The first-order valence-electron chi connectivity index (χ1n) is 8.31. The van der Waals surface area contributed by atoms with E-state index in [1.807, 2.05) is 32.2 Å². The van der Waals surface area contributed by atoms with Gasteiger partial charge in [0.05, 0.1) is 10.6 Å². The van der Waals surface area contributed by atoms with Crippen LogP contribution in [-0.2, 0) is 6.42 Å². The lowest BCUT2D eigenvalue weighted by Gasteiger charge is -2.13. The molecule has 6 nitrogen and oxygen atoms in total. The van der Waals surface area contributed by atoms with Crippen molar-refractivity contribution < 1.29 is 14.0 Å². The summed E-state index contributed by atoms with van der Waals surface area (Å²) >= 11 is 1.37. The summed E-state index contributed by atoms with van der Waals surface area (Å²) < 4.78 is 5.81. The second-order valence-corrected chi connectivity index (χ2v) is 7.26. The molecule has 0 unspecified atom stereocenters. The zero-order valence-corrected chi connectivity index (χ0v) is 15.3. The lowest BCUT2D eigenvalue weighted by Crippen LogP contribution is -2.30. The highest BCUT2D eigenvalue weighted by Crippen LogP contribution is 2.30. The van der Waals surface area contributed by atoms with Crippen LogP contribution in [0.4, 0.5) is 0 Å². The van der Waals surface area contributed by atoms with E-state index in [1.165, 1.54) is 11.3 Å². The van der Waals surface area contributed by atoms with Crippen molar-refractivity contribution in [3.05, 3.63) is 45.0 Å². The van der Waals surface area contributed by atoms with Crippen molar-refractivity contribution >= 4 is 28.9 Å². The van der Waals surface area contributed by atoms with Gasteiger partial charge in [0.1, 0.15) is 5.76 Å². The molecule has 0 saturated heterocycles. The molecule has 0 bridgehead atoms. The molecular weight excluding hydrogens is 338 g/mol. The van der Waals surface area contributed by atoms with Crippen LogP contribution in [0, 0.1) is 6.92 Å². The molecule has 7 heteroatoms. The number of nitrogens with one attached hydrogen (secondary N) is 2. The van der Waals surface area contributed by atoms with Gasteiger partial charge in [0.2, 0.25) is 0 Å². The minimum atomic E-state index is -0.228. The fraction of sp³-hybridized carbons (Fsp3) is 0.389. The number of rotatable bonds is 4. The Morgan fingerprint density at radius 2 is 2.08 bits per heavy atom. The van der Waals surface area contributed by atoms with Crippen LogP contribution in [-0.4, -0.2) is 23.6 Å². The lowest BCUT2D eigenvalue weighted by atomic mass is 9.93. The third-order valence-corrected chi connectivity index (χ3v) is 4.86. The molecule has 0 aromatic carbocycles. The quantitative estimate of drug-likeness (QED) is 0.822. The molecule has 0 spiro atoms. The predicted octanol–water partition coefficient (Wildman–Crippen LogP) is 3.26.